The fourth-order valence-corrected chi connectivity index (χ4v) is 6.56. The van der Waals surface area contributed by atoms with Crippen LogP contribution < -0.4 is 27.4 Å². The van der Waals surface area contributed by atoms with Crippen LogP contribution >= 0.6 is 0 Å². The number of rotatable bonds is 6. The molecule has 11 N–H and O–H groups in total. The normalized spacial score (nSPS) is 30.0. The van der Waals surface area contributed by atoms with E-state index in [0.29, 0.717) is 16.8 Å². The van der Waals surface area contributed by atoms with E-state index in [-0.39, 0.29) is 30.3 Å². The molecule has 0 bridgehead atoms. The van der Waals surface area contributed by atoms with E-state index in [0.717, 1.165) is 0 Å². The molecule has 1 aromatic carbocycles. The number of anilines is 1. The van der Waals surface area contributed by atoms with Gasteiger partial charge in [0.1, 0.15) is 22.8 Å². The average Bonchev–Trinajstić information content (AvgIpc) is 2.80. The average molecular weight is 559 g/mol. The van der Waals surface area contributed by atoms with Crippen molar-refractivity contribution in [3.05, 3.63) is 45.4 Å². The lowest BCUT2D eigenvalue weighted by Gasteiger charge is -2.58. The van der Waals surface area contributed by atoms with E-state index in [4.69, 9.17) is 17.2 Å². The monoisotopic (exact) mass is 558 g/mol. The molecule has 218 valence electrons. The Hall–Kier alpha value is -3.49. The van der Waals surface area contributed by atoms with E-state index < -0.39 is 69.3 Å². The lowest BCUT2D eigenvalue weighted by atomic mass is 9.52. The number of likely N-dealkylation sites (N-methyl/N-ethyl adjacent to an activating group) is 1. The molecule has 4 rings (SSSR count). The van der Waals surface area contributed by atoms with E-state index in [1.54, 1.807) is 25.1 Å². The molecule has 4 atom stereocenters. The number of amides is 1. The molecule has 0 radical (unpaired) electrons. The summed E-state index contributed by atoms with van der Waals surface area (Å²) in [4.78, 5) is 43.1. The third-order valence-corrected chi connectivity index (χ3v) is 8.27. The van der Waals surface area contributed by atoms with Crippen molar-refractivity contribution in [3.63, 3.8) is 0 Å². The van der Waals surface area contributed by atoms with Crippen molar-refractivity contribution in [3.8, 4) is 5.75 Å². The van der Waals surface area contributed by atoms with Crippen molar-refractivity contribution in [1.82, 2.24) is 10.2 Å². The van der Waals surface area contributed by atoms with Gasteiger partial charge < -0.3 is 47.8 Å². The van der Waals surface area contributed by atoms with Crippen LogP contribution in [0, 0.1) is 0 Å². The van der Waals surface area contributed by atoms with Crippen molar-refractivity contribution >= 4 is 23.2 Å². The number of Topliss-reactive ketones (excluding diaryl/α,β-unsaturated/α-hetero) is 2. The van der Waals surface area contributed by atoms with E-state index in [2.05, 4.69) is 5.32 Å². The number of carbonyl (C=O) groups is 3. The van der Waals surface area contributed by atoms with Gasteiger partial charge in [-0.1, -0.05) is 13.8 Å². The molecule has 0 saturated carbocycles. The zero-order valence-electron chi connectivity index (χ0n) is 23.5. The number of aliphatic hydroxyl groups is 3. The van der Waals surface area contributed by atoms with Crippen LogP contribution in [0.15, 0.2) is 28.7 Å². The fraction of sp³-hybridized carbons (Fsp3) is 0.519. The van der Waals surface area contributed by atoms with Crippen LogP contribution in [-0.2, 0) is 22.6 Å². The first-order chi connectivity index (χ1) is 18.3. The number of hydrogen-bond donors (Lipinski definition) is 8. The molecule has 40 heavy (non-hydrogen) atoms. The van der Waals surface area contributed by atoms with Gasteiger partial charge in [-0.3, -0.25) is 19.3 Å². The highest BCUT2D eigenvalue weighted by Gasteiger charge is 2.72. The standard InChI is InChI=1S/C27H38N6O7/c1-11(2)31-9-12-7-14(32(3)4)13-8-25(29)10-26(30)21(33(5)6)20(36)16(24(28)39)22(37)27(26,40)23(38)17(25)19(35)15(13)18(12)34/h7,11,21,31,34,36,38,40H,8-10,29-30H2,1-6H3,(H2,28,39)/t21?,25-,26-,27-/m1/s1. The summed E-state index contributed by atoms with van der Waals surface area (Å²) in [5.41, 5.74) is 11.8. The molecule has 0 aromatic heterocycles. The molecule has 0 saturated heterocycles. The maximum absolute atomic E-state index is 14.2. The molecule has 3 aliphatic rings. The molecule has 13 nitrogen and oxygen atoms in total. The number of aromatic hydroxyl groups is 1. The topological polar surface area (TPSA) is 229 Å². The van der Waals surface area contributed by atoms with Gasteiger partial charge >= 0.3 is 0 Å². The summed E-state index contributed by atoms with van der Waals surface area (Å²) in [6.07, 6.45) is -0.570. The van der Waals surface area contributed by atoms with Gasteiger partial charge in [0, 0.05) is 37.9 Å². The second-order valence-corrected chi connectivity index (χ2v) is 11.8. The highest BCUT2D eigenvalue weighted by molar-refractivity contribution is 6.25. The molecule has 1 unspecified atom stereocenters. The number of hydrogen-bond acceptors (Lipinski definition) is 12. The van der Waals surface area contributed by atoms with Gasteiger partial charge in [0.05, 0.1) is 28.3 Å². The van der Waals surface area contributed by atoms with Crippen molar-refractivity contribution in [2.24, 2.45) is 17.2 Å². The summed E-state index contributed by atoms with van der Waals surface area (Å²) in [6, 6.07) is 0.421. The van der Waals surface area contributed by atoms with Crippen LogP contribution in [0.5, 0.6) is 5.75 Å². The third kappa shape index (κ3) is 3.76. The number of primary amides is 1. The van der Waals surface area contributed by atoms with Gasteiger partial charge in [0.2, 0.25) is 11.4 Å². The Labute approximate surface area is 231 Å². The Morgan fingerprint density at radius 3 is 2.25 bits per heavy atom. The number of carbonyl (C=O) groups excluding carboxylic acids is 3. The Kier molecular flexibility index (Phi) is 6.84. The first-order valence-corrected chi connectivity index (χ1v) is 12.9. The highest BCUT2D eigenvalue weighted by Crippen LogP contribution is 2.55. The summed E-state index contributed by atoms with van der Waals surface area (Å²) in [6.45, 7) is 4.08. The zero-order chi connectivity index (χ0) is 30.3. The summed E-state index contributed by atoms with van der Waals surface area (Å²) >= 11 is 0. The lowest BCUT2D eigenvalue weighted by molar-refractivity contribution is -0.152. The molecule has 1 aromatic rings. The van der Waals surface area contributed by atoms with Crippen molar-refractivity contribution in [2.75, 3.05) is 33.1 Å². The van der Waals surface area contributed by atoms with Gasteiger partial charge in [-0.25, -0.2) is 0 Å². The lowest BCUT2D eigenvalue weighted by Crippen LogP contribution is -2.81. The SMILES string of the molecule is CC(C)NCc1cc(N(C)C)c2c(c1O)C(=O)C1=C(O)[C@]3(O)C(=O)C(C(N)=O)=C(O)C(N(C)C)[C@]3(N)C[C@]1(N)C2. The first-order valence-electron chi connectivity index (χ1n) is 12.9. The largest absolute Gasteiger partial charge is 0.510 e. The first kappa shape index (κ1) is 29.5. The highest BCUT2D eigenvalue weighted by atomic mass is 16.4. The number of ketones is 2. The minimum absolute atomic E-state index is 0.0773. The third-order valence-electron chi connectivity index (χ3n) is 8.27. The molecule has 13 heteroatoms. The van der Waals surface area contributed by atoms with Crippen LogP contribution in [0.25, 0.3) is 0 Å². The summed E-state index contributed by atoms with van der Waals surface area (Å²) in [5, 5.41) is 49.0. The van der Waals surface area contributed by atoms with Crippen LogP contribution in [0.3, 0.4) is 0 Å². The van der Waals surface area contributed by atoms with E-state index in [9.17, 15) is 34.8 Å². The number of phenolic OH excluding ortho intramolecular Hbond substituents is 1. The number of nitrogens with one attached hydrogen (secondary N) is 1. The van der Waals surface area contributed by atoms with E-state index in [1.165, 1.54) is 19.0 Å². The van der Waals surface area contributed by atoms with Crippen molar-refractivity contribution in [2.45, 2.75) is 62.0 Å². The molecular formula is C27H38N6O7. The van der Waals surface area contributed by atoms with E-state index in [1.807, 2.05) is 13.8 Å². The van der Waals surface area contributed by atoms with Gasteiger partial charge in [-0.05, 0) is 38.6 Å². The Morgan fingerprint density at radius 1 is 1.15 bits per heavy atom. The van der Waals surface area contributed by atoms with Gasteiger partial charge in [-0.2, -0.15) is 0 Å². The number of aliphatic hydroxyl groups excluding tert-OH is 2. The Bertz CT molecular complexity index is 1400. The van der Waals surface area contributed by atoms with Crippen molar-refractivity contribution in [1.29, 1.82) is 0 Å². The van der Waals surface area contributed by atoms with Crippen molar-refractivity contribution < 1.29 is 34.8 Å². The minimum atomic E-state index is -3.04. The molecular weight excluding hydrogens is 520 g/mol. The fourth-order valence-electron chi connectivity index (χ4n) is 6.56. The molecule has 3 aliphatic carbocycles. The Balaban J connectivity index is 2.05. The number of phenols is 1. The maximum atomic E-state index is 14.2. The number of fused-ring (bicyclic) bond motifs is 3. The quantitative estimate of drug-likeness (QED) is 0.194. The molecule has 1 amide bonds. The second kappa shape index (κ2) is 9.28. The zero-order valence-corrected chi connectivity index (χ0v) is 23.5. The van der Waals surface area contributed by atoms with Crippen LogP contribution in [0.1, 0.15) is 41.8 Å². The molecule has 0 aliphatic heterocycles. The molecule has 0 heterocycles. The number of benzene rings is 1. The van der Waals surface area contributed by atoms with Gasteiger partial charge in [-0.15, -0.1) is 0 Å². The van der Waals surface area contributed by atoms with Gasteiger partial charge in [0.15, 0.2) is 5.78 Å². The van der Waals surface area contributed by atoms with E-state index >= 15 is 0 Å². The summed E-state index contributed by atoms with van der Waals surface area (Å²) in [5.74, 6) is -5.92. The van der Waals surface area contributed by atoms with Crippen LogP contribution in [0.2, 0.25) is 0 Å². The maximum Gasteiger partial charge on any atom is 0.255 e. The Morgan fingerprint density at radius 2 is 1.75 bits per heavy atom. The number of nitrogens with zero attached hydrogens (tertiary/aromatic N) is 2. The molecule has 0 spiro atoms. The summed E-state index contributed by atoms with van der Waals surface area (Å²) < 4.78 is 0. The predicted octanol–water partition coefficient (Wildman–Crippen LogP) is -1.15. The number of nitrogens with two attached hydrogens (primary N) is 3. The smallest absolute Gasteiger partial charge is 0.255 e. The molecule has 0 fully saturated rings. The second-order valence-electron chi connectivity index (χ2n) is 11.8. The van der Waals surface area contributed by atoms with Gasteiger partial charge in [0.25, 0.3) is 5.91 Å². The summed E-state index contributed by atoms with van der Waals surface area (Å²) in [7, 11) is 6.51. The predicted molar refractivity (Wildman–Crippen MR) is 147 cm³/mol. The minimum Gasteiger partial charge on any atom is -0.510 e. The van der Waals surface area contributed by atoms with Crippen LogP contribution in [-0.4, -0.2) is 99.8 Å². The van der Waals surface area contributed by atoms with Crippen LogP contribution in [0.4, 0.5) is 5.69 Å².